The smallest absolute Gasteiger partial charge is 0.330 e. The van der Waals surface area contributed by atoms with Crippen molar-refractivity contribution in [3.8, 4) is 5.75 Å². The van der Waals surface area contributed by atoms with E-state index in [1.807, 2.05) is 24.3 Å². The van der Waals surface area contributed by atoms with Gasteiger partial charge in [0.2, 0.25) is 0 Å². The van der Waals surface area contributed by atoms with E-state index in [4.69, 9.17) is 9.47 Å². The Bertz CT molecular complexity index is 460. The molecular weight excluding hydrogens is 256 g/mol. The number of ether oxygens (including phenoxy) is 2. The van der Waals surface area contributed by atoms with Crippen molar-refractivity contribution < 1.29 is 19.1 Å². The SMILES string of the molecule is CCOC(=O)/C=C/COc1ccc(CCC(C)=O)cc1. The van der Waals surface area contributed by atoms with Crippen LogP contribution in [0.3, 0.4) is 0 Å². The molecular formula is C16H20O4. The van der Waals surface area contributed by atoms with Crippen molar-refractivity contribution in [3.63, 3.8) is 0 Å². The average molecular weight is 276 g/mol. The molecule has 1 aromatic rings. The van der Waals surface area contributed by atoms with Gasteiger partial charge in [-0.3, -0.25) is 0 Å². The van der Waals surface area contributed by atoms with E-state index in [9.17, 15) is 9.59 Å². The summed E-state index contributed by atoms with van der Waals surface area (Å²) in [6.07, 6.45) is 4.27. The number of esters is 1. The minimum atomic E-state index is -0.365. The third-order valence-electron chi connectivity index (χ3n) is 2.58. The molecule has 0 heterocycles. The Morgan fingerprint density at radius 2 is 1.90 bits per heavy atom. The number of hydrogen-bond acceptors (Lipinski definition) is 4. The average Bonchev–Trinajstić information content (AvgIpc) is 2.43. The van der Waals surface area contributed by atoms with E-state index >= 15 is 0 Å². The molecule has 0 aliphatic carbocycles. The maximum absolute atomic E-state index is 11.0. The van der Waals surface area contributed by atoms with Crippen LogP contribution in [0, 0.1) is 0 Å². The first kappa shape index (κ1) is 16.0. The van der Waals surface area contributed by atoms with Crippen LogP contribution in [0.5, 0.6) is 5.75 Å². The lowest BCUT2D eigenvalue weighted by Gasteiger charge is -2.04. The van der Waals surface area contributed by atoms with Gasteiger partial charge in [-0.15, -0.1) is 0 Å². The quantitative estimate of drug-likeness (QED) is 0.541. The van der Waals surface area contributed by atoms with E-state index in [2.05, 4.69) is 0 Å². The molecule has 0 spiro atoms. The highest BCUT2D eigenvalue weighted by Gasteiger charge is 1.98. The molecule has 0 fully saturated rings. The topological polar surface area (TPSA) is 52.6 Å². The van der Waals surface area contributed by atoms with Crippen LogP contribution >= 0.6 is 0 Å². The molecule has 1 rings (SSSR count). The van der Waals surface area contributed by atoms with Crippen LogP contribution in [0.15, 0.2) is 36.4 Å². The molecule has 0 aliphatic heterocycles. The van der Waals surface area contributed by atoms with Crippen LogP contribution in [0.25, 0.3) is 0 Å². The van der Waals surface area contributed by atoms with E-state index in [0.29, 0.717) is 19.6 Å². The van der Waals surface area contributed by atoms with E-state index in [-0.39, 0.29) is 11.8 Å². The highest BCUT2D eigenvalue weighted by atomic mass is 16.5. The van der Waals surface area contributed by atoms with Crippen LogP contribution in [0.2, 0.25) is 0 Å². The summed E-state index contributed by atoms with van der Waals surface area (Å²) in [6, 6.07) is 7.59. The molecule has 0 atom stereocenters. The van der Waals surface area contributed by atoms with Gasteiger partial charge in [0.05, 0.1) is 6.61 Å². The number of hydrogen-bond donors (Lipinski definition) is 0. The van der Waals surface area contributed by atoms with Gasteiger partial charge < -0.3 is 14.3 Å². The first-order chi connectivity index (χ1) is 9.61. The Labute approximate surface area is 119 Å². The van der Waals surface area contributed by atoms with E-state index in [1.165, 1.54) is 6.08 Å². The predicted octanol–water partition coefficient (Wildman–Crippen LogP) is 2.71. The Hall–Kier alpha value is -2.10. The van der Waals surface area contributed by atoms with Crippen LogP contribution < -0.4 is 4.74 Å². The fraction of sp³-hybridized carbons (Fsp3) is 0.375. The summed E-state index contributed by atoms with van der Waals surface area (Å²) < 4.78 is 10.2. The monoisotopic (exact) mass is 276 g/mol. The maximum Gasteiger partial charge on any atom is 0.330 e. The Balaban J connectivity index is 2.34. The lowest BCUT2D eigenvalue weighted by molar-refractivity contribution is -0.137. The Morgan fingerprint density at radius 1 is 1.20 bits per heavy atom. The predicted molar refractivity (Wildman–Crippen MR) is 76.7 cm³/mol. The first-order valence-corrected chi connectivity index (χ1v) is 6.66. The van der Waals surface area contributed by atoms with Crippen LogP contribution in [0.1, 0.15) is 25.8 Å². The second-order valence-electron chi connectivity index (χ2n) is 4.31. The summed E-state index contributed by atoms with van der Waals surface area (Å²) in [5, 5.41) is 0. The molecule has 0 unspecified atom stereocenters. The van der Waals surface area contributed by atoms with Gasteiger partial charge in [0.1, 0.15) is 18.1 Å². The zero-order valence-corrected chi connectivity index (χ0v) is 11.9. The van der Waals surface area contributed by atoms with Crippen molar-refractivity contribution in [1.29, 1.82) is 0 Å². The number of carbonyl (C=O) groups excluding carboxylic acids is 2. The molecule has 20 heavy (non-hydrogen) atoms. The molecule has 0 amide bonds. The van der Waals surface area contributed by atoms with Gasteiger partial charge in [-0.2, -0.15) is 0 Å². The summed E-state index contributed by atoms with van der Waals surface area (Å²) in [5.41, 5.74) is 1.11. The van der Waals surface area contributed by atoms with Gasteiger partial charge in [-0.05, 0) is 44.0 Å². The number of Topliss-reactive ketones (excluding diaryl/α,β-unsaturated/α-hetero) is 1. The van der Waals surface area contributed by atoms with Crippen molar-refractivity contribution in [3.05, 3.63) is 42.0 Å². The van der Waals surface area contributed by atoms with Gasteiger partial charge in [0, 0.05) is 12.5 Å². The van der Waals surface area contributed by atoms with Gasteiger partial charge in [0.15, 0.2) is 0 Å². The number of ketones is 1. The van der Waals surface area contributed by atoms with Crippen molar-refractivity contribution in [2.24, 2.45) is 0 Å². The summed E-state index contributed by atoms with van der Waals surface area (Å²) in [5.74, 6) is 0.551. The Morgan fingerprint density at radius 3 is 2.50 bits per heavy atom. The lowest BCUT2D eigenvalue weighted by Crippen LogP contribution is -2.01. The molecule has 0 aromatic heterocycles. The van der Waals surface area contributed by atoms with Crippen LogP contribution in [0.4, 0.5) is 0 Å². The van der Waals surface area contributed by atoms with Crippen LogP contribution in [-0.2, 0) is 20.7 Å². The van der Waals surface area contributed by atoms with Crippen molar-refractivity contribution in [1.82, 2.24) is 0 Å². The molecule has 4 heteroatoms. The number of rotatable bonds is 8. The fourth-order valence-electron chi connectivity index (χ4n) is 1.55. The highest BCUT2D eigenvalue weighted by molar-refractivity contribution is 5.81. The summed E-state index contributed by atoms with van der Waals surface area (Å²) in [4.78, 5) is 21.9. The summed E-state index contributed by atoms with van der Waals surface area (Å²) in [7, 11) is 0. The fourth-order valence-corrected chi connectivity index (χ4v) is 1.55. The van der Waals surface area contributed by atoms with Crippen molar-refractivity contribution in [2.75, 3.05) is 13.2 Å². The molecule has 4 nitrogen and oxygen atoms in total. The van der Waals surface area contributed by atoms with Gasteiger partial charge >= 0.3 is 5.97 Å². The summed E-state index contributed by atoms with van der Waals surface area (Å²) >= 11 is 0. The molecule has 0 aliphatic rings. The van der Waals surface area contributed by atoms with E-state index in [1.54, 1.807) is 19.9 Å². The van der Waals surface area contributed by atoms with E-state index < -0.39 is 0 Å². The first-order valence-electron chi connectivity index (χ1n) is 6.66. The minimum absolute atomic E-state index is 0.189. The zero-order chi connectivity index (χ0) is 14.8. The molecule has 108 valence electrons. The minimum Gasteiger partial charge on any atom is -0.490 e. The molecule has 1 aromatic carbocycles. The van der Waals surface area contributed by atoms with E-state index in [0.717, 1.165) is 17.7 Å². The Kier molecular flexibility index (Phi) is 7.11. The normalized spacial score (nSPS) is 10.5. The van der Waals surface area contributed by atoms with Gasteiger partial charge in [-0.25, -0.2) is 4.79 Å². The highest BCUT2D eigenvalue weighted by Crippen LogP contribution is 2.13. The van der Waals surface area contributed by atoms with Crippen molar-refractivity contribution >= 4 is 11.8 Å². The number of carbonyl (C=O) groups is 2. The zero-order valence-electron chi connectivity index (χ0n) is 11.9. The van der Waals surface area contributed by atoms with Gasteiger partial charge in [0.25, 0.3) is 0 Å². The van der Waals surface area contributed by atoms with Crippen LogP contribution in [-0.4, -0.2) is 25.0 Å². The number of aryl methyl sites for hydroxylation is 1. The maximum atomic E-state index is 11.0. The second-order valence-corrected chi connectivity index (χ2v) is 4.31. The molecule has 0 saturated carbocycles. The molecule has 0 N–H and O–H groups in total. The largest absolute Gasteiger partial charge is 0.490 e. The molecule has 0 bridgehead atoms. The third-order valence-corrected chi connectivity index (χ3v) is 2.58. The molecule has 0 radical (unpaired) electrons. The molecule has 0 saturated heterocycles. The number of benzene rings is 1. The standard InChI is InChI=1S/C16H20O4/c1-3-19-16(18)5-4-12-20-15-10-8-14(9-11-15)7-6-13(2)17/h4-5,8-11H,3,6-7,12H2,1-2H3/b5-4+. The summed E-state index contributed by atoms with van der Waals surface area (Å²) in [6.45, 7) is 4.03. The lowest BCUT2D eigenvalue weighted by atomic mass is 10.1. The van der Waals surface area contributed by atoms with Gasteiger partial charge in [-0.1, -0.05) is 12.1 Å². The second kappa shape index (κ2) is 8.91. The van der Waals surface area contributed by atoms with Crippen molar-refractivity contribution in [2.45, 2.75) is 26.7 Å². The third kappa shape index (κ3) is 6.73.